The third-order valence-corrected chi connectivity index (χ3v) is 3.28. The van der Waals surface area contributed by atoms with Crippen LogP contribution in [0.4, 0.5) is 0 Å². The van der Waals surface area contributed by atoms with Gasteiger partial charge in [0.2, 0.25) is 0 Å². The lowest BCUT2D eigenvalue weighted by Gasteiger charge is -2.15. The minimum atomic E-state index is -0.697. The molecular weight excluding hydrogens is 256 g/mol. The molecular formula is C15H12N2O3. The Balaban J connectivity index is 2.32. The van der Waals surface area contributed by atoms with Gasteiger partial charge in [-0.1, -0.05) is 30.3 Å². The number of rotatable bonds is 2. The summed E-state index contributed by atoms with van der Waals surface area (Å²) in [6.45, 7) is 1.87. The highest BCUT2D eigenvalue weighted by Crippen LogP contribution is 2.18. The quantitative estimate of drug-likeness (QED) is 0.712. The van der Waals surface area contributed by atoms with Crippen molar-refractivity contribution in [1.82, 2.24) is 9.55 Å². The van der Waals surface area contributed by atoms with E-state index in [0.717, 1.165) is 5.56 Å². The summed E-state index contributed by atoms with van der Waals surface area (Å²) in [6.07, 6.45) is 1.55. The Labute approximate surface area is 114 Å². The Bertz CT molecular complexity index is 865. The maximum atomic E-state index is 12.0. The molecule has 1 unspecified atom stereocenters. The van der Waals surface area contributed by atoms with Gasteiger partial charge in [0.15, 0.2) is 5.65 Å². The van der Waals surface area contributed by atoms with Gasteiger partial charge in [-0.15, -0.1) is 0 Å². The Morgan fingerprint density at radius 2 is 1.85 bits per heavy atom. The number of hydrogen-bond acceptors (Lipinski definition) is 4. The second kappa shape index (κ2) is 4.77. The first-order valence-electron chi connectivity index (χ1n) is 6.24. The zero-order valence-electron chi connectivity index (χ0n) is 10.8. The van der Waals surface area contributed by atoms with Crippen molar-refractivity contribution in [2.45, 2.75) is 13.0 Å². The number of fused-ring (bicyclic) bond motifs is 1. The molecule has 2 heterocycles. The number of hydrogen-bond donors (Lipinski definition) is 0. The molecule has 0 bridgehead atoms. The lowest BCUT2D eigenvalue weighted by molar-refractivity contribution is 0.404. The first kappa shape index (κ1) is 12.3. The Morgan fingerprint density at radius 3 is 2.60 bits per heavy atom. The molecule has 0 N–H and O–H groups in total. The number of aromatic nitrogens is 2. The third-order valence-electron chi connectivity index (χ3n) is 3.28. The fourth-order valence-electron chi connectivity index (χ4n) is 2.24. The van der Waals surface area contributed by atoms with E-state index in [1.54, 1.807) is 18.3 Å². The van der Waals surface area contributed by atoms with Gasteiger partial charge in [0, 0.05) is 6.20 Å². The van der Waals surface area contributed by atoms with Gasteiger partial charge in [-0.05, 0) is 24.6 Å². The Morgan fingerprint density at radius 1 is 1.10 bits per heavy atom. The first-order valence-corrected chi connectivity index (χ1v) is 6.24. The van der Waals surface area contributed by atoms with Gasteiger partial charge >= 0.3 is 11.4 Å². The molecule has 0 saturated carbocycles. The molecule has 0 aliphatic rings. The monoisotopic (exact) mass is 268 g/mol. The topological polar surface area (TPSA) is 65.1 Å². The number of pyridine rings is 1. The van der Waals surface area contributed by atoms with E-state index in [1.807, 2.05) is 37.3 Å². The van der Waals surface area contributed by atoms with Crippen LogP contribution in [0.25, 0.3) is 11.0 Å². The summed E-state index contributed by atoms with van der Waals surface area (Å²) in [4.78, 5) is 27.9. The average molecular weight is 268 g/mol. The lowest BCUT2D eigenvalue weighted by Crippen LogP contribution is -2.28. The van der Waals surface area contributed by atoms with E-state index < -0.39 is 11.4 Å². The predicted molar refractivity (Wildman–Crippen MR) is 74.8 cm³/mol. The molecule has 100 valence electrons. The zero-order valence-corrected chi connectivity index (χ0v) is 10.8. The highest BCUT2D eigenvalue weighted by atomic mass is 16.4. The SMILES string of the molecule is CC(c1ccccc1)n1c(=O)oc(=O)c2cccnc21. The zero-order chi connectivity index (χ0) is 14.1. The van der Waals surface area contributed by atoms with Gasteiger partial charge in [-0.3, -0.25) is 4.57 Å². The summed E-state index contributed by atoms with van der Waals surface area (Å²) in [6, 6.07) is 12.5. The molecule has 5 heteroatoms. The van der Waals surface area contributed by atoms with Crippen LogP contribution in [0, 0.1) is 0 Å². The summed E-state index contributed by atoms with van der Waals surface area (Å²) in [5.74, 6) is -0.697. The van der Waals surface area contributed by atoms with Crippen LogP contribution >= 0.6 is 0 Å². The summed E-state index contributed by atoms with van der Waals surface area (Å²) >= 11 is 0. The molecule has 1 atom stereocenters. The molecule has 0 saturated heterocycles. The molecule has 3 aromatic rings. The van der Waals surface area contributed by atoms with Gasteiger partial charge in [-0.25, -0.2) is 14.6 Å². The second-order valence-electron chi connectivity index (χ2n) is 4.49. The predicted octanol–water partition coefficient (Wildman–Crippen LogP) is 1.96. The van der Waals surface area contributed by atoms with E-state index in [2.05, 4.69) is 4.98 Å². The van der Waals surface area contributed by atoms with Crippen LogP contribution < -0.4 is 11.4 Å². The van der Waals surface area contributed by atoms with Crippen LogP contribution in [0.2, 0.25) is 0 Å². The largest absolute Gasteiger partial charge is 0.424 e. The Kier molecular flexibility index (Phi) is 2.95. The van der Waals surface area contributed by atoms with E-state index in [1.165, 1.54) is 4.57 Å². The minimum Gasteiger partial charge on any atom is -0.372 e. The van der Waals surface area contributed by atoms with E-state index >= 15 is 0 Å². The molecule has 0 spiro atoms. The van der Waals surface area contributed by atoms with Crippen LogP contribution in [-0.2, 0) is 0 Å². The molecule has 1 aromatic carbocycles. The molecule has 0 radical (unpaired) electrons. The van der Waals surface area contributed by atoms with Crippen LogP contribution in [-0.4, -0.2) is 9.55 Å². The maximum Gasteiger partial charge on any atom is 0.424 e. The van der Waals surface area contributed by atoms with Gasteiger partial charge in [-0.2, -0.15) is 0 Å². The molecule has 2 aromatic heterocycles. The van der Waals surface area contributed by atoms with Crippen LogP contribution in [0.15, 0.2) is 62.7 Å². The van der Waals surface area contributed by atoms with Crippen molar-refractivity contribution < 1.29 is 4.42 Å². The molecule has 3 rings (SSSR count). The summed E-state index contributed by atoms with van der Waals surface area (Å²) in [7, 11) is 0. The van der Waals surface area contributed by atoms with E-state index in [4.69, 9.17) is 4.42 Å². The number of benzene rings is 1. The fourth-order valence-corrected chi connectivity index (χ4v) is 2.24. The van der Waals surface area contributed by atoms with Gasteiger partial charge < -0.3 is 4.42 Å². The standard InChI is InChI=1S/C15H12N2O3/c1-10(11-6-3-2-4-7-11)17-13-12(8-5-9-16-13)14(18)20-15(17)19/h2-10H,1H3. The van der Waals surface area contributed by atoms with Crippen molar-refractivity contribution in [3.05, 3.63) is 75.2 Å². The van der Waals surface area contributed by atoms with Crippen molar-refractivity contribution >= 4 is 11.0 Å². The van der Waals surface area contributed by atoms with E-state index in [9.17, 15) is 9.59 Å². The highest BCUT2D eigenvalue weighted by molar-refractivity contribution is 5.73. The van der Waals surface area contributed by atoms with E-state index in [0.29, 0.717) is 11.0 Å². The van der Waals surface area contributed by atoms with E-state index in [-0.39, 0.29) is 6.04 Å². The van der Waals surface area contributed by atoms with Crippen molar-refractivity contribution in [3.8, 4) is 0 Å². The smallest absolute Gasteiger partial charge is 0.372 e. The van der Waals surface area contributed by atoms with Crippen molar-refractivity contribution in [1.29, 1.82) is 0 Å². The molecule has 5 nitrogen and oxygen atoms in total. The maximum absolute atomic E-state index is 12.0. The summed E-state index contributed by atoms with van der Waals surface area (Å²) in [5, 5.41) is 0.301. The van der Waals surface area contributed by atoms with Crippen LogP contribution in [0.5, 0.6) is 0 Å². The fraction of sp³-hybridized carbons (Fsp3) is 0.133. The molecule has 20 heavy (non-hydrogen) atoms. The third kappa shape index (κ3) is 1.93. The second-order valence-corrected chi connectivity index (χ2v) is 4.49. The van der Waals surface area contributed by atoms with Gasteiger partial charge in [0.05, 0.1) is 6.04 Å². The van der Waals surface area contributed by atoms with Crippen LogP contribution in [0.3, 0.4) is 0 Å². The summed E-state index contributed by atoms with van der Waals surface area (Å²) < 4.78 is 6.17. The number of nitrogens with zero attached hydrogens (tertiary/aromatic N) is 2. The average Bonchev–Trinajstić information content (AvgIpc) is 2.48. The minimum absolute atomic E-state index is 0.273. The molecule has 0 aliphatic carbocycles. The van der Waals surface area contributed by atoms with Gasteiger partial charge in [0.25, 0.3) is 0 Å². The highest BCUT2D eigenvalue weighted by Gasteiger charge is 2.16. The molecule has 0 amide bonds. The summed E-state index contributed by atoms with van der Waals surface area (Å²) in [5.41, 5.74) is 0.620. The van der Waals surface area contributed by atoms with Gasteiger partial charge in [0.1, 0.15) is 5.39 Å². The molecule has 0 fully saturated rings. The lowest BCUT2D eigenvalue weighted by atomic mass is 10.1. The molecule has 0 aliphatic heterocycles. The van der Waals surface area contributed by atoms with Crippen molar-refractivity contribution in [3.63, 3.8) is 0 Å². The first-order chi connectivity index (χ1) is 9.68. The van der Waals surface area contributed by atoms with Crippen molar-refractivity contribution in [2.75, 3.05) is 0 Å². The Hall–Kier alpha value is -2.69. The van der Waals surface area contributed by atoms with Crippen LogP contribution in [0.1, 0.15) is 18.5 Å². The normalized spacial score (nSPS) is 12.4. The van der Waals surface area contributed by atoms with Crippen molar-refractivity contribution in [2.24, 2.45) is 0 Å².